The fourth-order valence-electron chi connectivity index (χ4n) is 5.37. The Balaban J connectivity index is 1.66. The summed E-state index contributed by atoms with van der Waals surface area (Å²) in [5.74, 6) is 1.02. The van der Waals surface area contributed by atoms with E-state index in [4.69, 9.17) is 0 Å². The number of carbonyl (C=O) groups is 1. The van der Waals surface area contributed by atoms with E-state index in [0.29, 0.717) is 25.5 Å². The third kappa shape index (κ3) is 3.31. The van der Waals surface area contributed by atoms with Crippen LogP contribution in [0.25, 0.3) is 0 Å². The molecule has 3 atom stereocenters. The first-order valence-electron chi connectivity index (χ1n) is 10.3. The van der Waals surface area contributed by atoms with Gasteiger partial charge in [0, 0.05) is 31.5 Å². The first-order chi connectivity index (χ1) is 12.9. The quantitative estimate of drug-likeness (QED) is 0.794. The molecule has 5 nitrogen and oxygen atoms in total. The lowest BCUT2D eigenvalue weighted by Crippen LogP contribution is -2.40. The SMILES string of the molecule is CCS(=O)(=O)N1C[C@H]2CN(C(=O)C3CCCC3)[C@H](c3ccccc3C)[C@H]2C1. The van der Waals surface area contributed by atoms with E-state index < -0.39 is 10.0 Å². The predicted octanol–water partition coefficient (Wildman–Crippen LogP) is 2.97. The molecule has 0 bridgehead atoms. The standard InChI is InChI=1S/C21H30N2O3S/c1-3-27(25,26)22-12-17-13-23(21(24)16-9-5-6-10-16)20(19(17)14-22)18-11-7-4-8-15(18)2/h4,7-8,11,16-17,19-20H,3,5-6,9-10,12-14H2,1-2H3/t17-,19-,20+/m0/s1. The van der Waals surface area contributed by atoms with Crippen LogP contribution in [-0.2, 0) is 14.8 Å². The lowest BCUT2D eigenvalue weighted by atomic mass is 9.87. The van der Waals surface area contributed by atoms with Crippen molar-refractivity contribution in [3.63, 3.8) is 0 Å². The van der Waals surface area contributed by atoms with Crippen LogP contribution in [-0.4, -0.2) is 48.9 Å². The van der Waals surface area contributed by atoms with Crippen molar-refractivity contribution in [1.82, 2.24) is 9.21 Å². The number of hydrogen-bond donors (Lipinski definition) is 0. The summed E-state index contributed by atoms with van der Waals surface area (Å²) in [6, 6.07) is 8.27. The average molecular weight is 391 g/mol. The highest BCUT2D eigenvalue weighted by molar-refractivity contribution is 7.89. The van der Waals surface area contributed by atoms with Gasteiger partial charge in [-0.1, -0.05) is 37.1 Å². The highest BCUT2D eigenvalue weighted by Gasteiger charge is 2.52. The number of aryl methyl sites for hydroxylation is 1. The van der Waals surface area contributed by atoms with Crippen molar-refractivity contribution in [1.29, 1.82) is 0 Å². The normalized spacial score (nSPS) is 29.4. The minimum atomic E-state index is -3.18. The van der Waals surface area contributed by atoms with Gasteiger partial charge in [-0.2, -0.15) is 0 Å². The van der Waals surface area contributed by atoms with Gasteiger partial charge in [-0.25, -0.2) is 12.7 Å². The Labute approximate surface area is 162 Å². The second-order valence-corrected chi connectivity index (χ2v) is 10.7. The summed E-state index contributed by atoms with van der Waals surface area (Å²) in [6.07, 6.45) is 4.30. The summed E-state index contributed by atoms with van der Waals surface area (Å²) in [6.45, 7) is 5.58. The van der Waals surface area contributed by atoms with Crippen LogP contribution in [0.3, 0.4) is 0 Å². The van der Waals surface area contributed by atoms with Crippen LogP contribution < -0.4 is 0 Å². The van der Waals surface area contributed by atoms with Gasteiger partial charge in [-0.3, -0.25) is 4.79 Å². The lowest BCUT2D eigenvalue weighted by molar-refractivity contribution is -0.136. The van der Waals surface area contributed by atoms with Gasteiger partial charge >= 0.3 is 0 Å². The molecule has 1 aromatic carbocycles. The van der Waals surface area contributed by atoms with Crippen LogP contribution >= 0.6 is 0 Å². The topological polar surface area (TPSA) is 57.7 Å². The number of fused-ring (bicyclic) bond motifs is 1. The molecule has 1 aromatic rings. The first kappa shape index (κ1) is 18.9. The zero-order valence-electron chi connectivity index (χ0n) is 16.3. The number of carbonyl (C=O) groups excluding carboxylic acids is 1. The number of likely N-dealkylation sites (tertiary alicyclic amines) is 1. The van der Waals surface area contributed by atoms with Gasteiger partial charge in [-0.05, 0) is 43.7 Å². The molecule has 0 N–H and O–H groups in total. The van der Waals surface area contributed by atoms with Gasteiger partial charge in [0.05, 0.1) is 11.8 Å². The van der Waals surface area contributed by atoms with Crippen molar-refractivity contribution >= 4 is 15.9 Å². The van der Waals surface area contributed by atoms with Gasteiger partial charge in [0.2, 0.25) is 15.9 Å². The summed E-state index contributed by atoms with van der Waals surface area (Å²) in [4.78, 5) is 15.4. The molecule has 6 heteroatoms. The number of sulfonamides is 1. The maximum absolute atomic E-state index is 13.3. The Morgan fingerprint density at radius 1 is 1.11 bits per heavy atom. The fourth-order valence-corrected chi connectivity index (χ4v) is 6.55. The maximum Gasteiger partial charge on any atom is 0.226 e. The van der Waals surface area contributed by atoms with Crippen LogP contribution in [0.5, 0.6) is 0 Å². The Morgan fingerprint density at radius 3 is 2.48 bits per heavy atom. The van der Waals surface area contributed by atoms with Crippen LogP contribution in [0.2, 0.25) is 0 Å². The van der Waals surface area contributed by atoms with E-state index in [0.717, 1.165) is 25.7 Å². The van der Waals surface area contributed by atoms with E-state index in [1.807, 2.05) is 12.1 Å². The van der Waals surface area contributed by atoms with Crippen LogP contribution in [0.4, 0.5) is 0 Å². The van der Waals surface area contributed by atoms with Crippen LogP contribution in [0.15, 0.2) is 24.3 Å². The average Bonchev–Trinajstić information content (AvgIpc) is 3.37. The van der Waals surface area contributed by atoms with E-state index in [1.54, 1.807) is 11.2 Å². The largest absolute Gasteiger partial charge is 0.335 e. The number of rotatable bonds is 4. The number of hydrogen-bond acceptors (Lipinski definition) is 3. The molecule has 2 heterocycles. The highest BCUT2D eigenvalue weighted by atomic mass is 32.2. The lowest BCUT2D eigenvalue weighted by Gasteiger charge is -2.32. The predicted molar refractivity (Wildman–Crippen MR) is 106 cm³/mol. The Morgan fingerprint density at radius 2 is 1.81 bits per heavy atom. The molecule has 2 aliphatic heterocycles. The Bertz CT molecular complexity index is 816. The van der Waals surface area contributed by atoms with Crippen LogP contribution in [0.1, 0.15) is 49.8 Å². The molecule has 27 heavy (non-hydrogen) atoms. The van der Waals surface area contributed by atoms with Gasteiger partial charge in [0.15, 0.2) is 0 Å². The number of benzene rings is 1. The first-order valence-corrected chi connectivity index (χ1v) is 11.9. The summed E-state index contributed by atoms with van der Waals surface area (Å²) >= 11 is 0. The molecule has 1 amide bonds. The van der Waals surface area contributed by atoms with Gasteiger partial charge in [0.1, 0.15) is 0 Å². The van der Waals surface area contributed by atoms with Gasteiger partial charge < -0.3 is 4.90 Å². The number of amides is 1. The van der Waals surface area contributed by atoms with Crippen molar-refractivity contribution in [3.8, 4) is 0 Å². The molecule has 148 valence electrons. The molecule has 4 rings (SSSR count). The maximum atomic E-state index is 13.3. The Hall–Kier alpha value is -1.40. The van der Waals surface area contributed by atoms with E-state index in [-0.39, 0.29) is 29.5 Å². The number of nitrogens with zero attached hydrogens (tertiary/aromatic N) is 2. The molecular weight excluding hydrogens is 360 g/mol. The fraction of sp³-hybridized carbons (Fsp3) is 0.667. The Kier molecular flexibility index (Phi) is 5.06. The van der Waals surface area contributed by atoms with Gasteiger partial charge in [0.25, 0.3) is 0 Å². The second-order valence-electron chi connectivity index (χ2n) is 8.41. The van der Waals surface area contributed by atoms with Crippen molar-refractivity contribution in [2.75, 3.05) is 25.4 Å². The van der Waals surface area contributed by atoms with Gasteiger partial charge in [-0.15, -0.1) is 0 Å². The highest BCUT2D eigenvalue weighted by Crippen LogP contribution is 2.47. The molecule has 1 saturated carbocycles. The van der Waals surface area contributed by atoms with E-state index in [9.17, 15) is 13.2 Å². The molecule has 0 unspecified atom stereocenters. The minimum Gasteiger partial charge on any atom is -0.335 e. The van der Waals surface area contributed by atoms with Crippen molar-refractivity contribution in [2.45, 2.75) is 45.6 Å². The summed E-state index contributed by atoms with van der Waals surface area (Å²) in [5.41, 5.74) is 2.37. The van der Waals surface area contributed by atoms with Crippen LogP contribution in [0, 0.1) is 24.7 Å². The molecule has 3 fully saturated rings. The molecular formula is C21H30N2O3S. The molecule has 3 aliphatic rings. The van der Waals surface area contributed by atoms with Crippen molar-refractivity contribution in [3.05, 3.63) is 35.4 Å². The molecule has 0 aromatic heterocycles. The smallest absolute Gasteiger partial charge is 0.226 e. The zero-order chi connectivity index (χ0) is 19.2. The van der Waals surface area contributed by atoms with Crippen molar-refractivity contribution in [2.24, 2.45) is 17.8 Å². The molecule has 2 saturated heterocycles. The van der Waals surface area contributed by atoms with Crippen molar-refractivity contribution < 1.29 is 13.2 Å². The third-order valence-corrected chi connectivity index (χ3v) is 8.70. The summed E-state index contributed by atoms with van der Waals surface area (Å²) < 4.78 is 26.5. The zero-order valence-corrected chi connectivity index (χ0v) is 17.1. The third-order valence-electron chi connectivity index (χ3n) is 6.88. The second kappa shape index (κ2) is 7.21. The molecule has 0 radical (unpaired) electrons. The molecule has 0 spiro atoms. The minimum absolute atomic E-state index is 0.00126. The monoisotopic (exact) mass is 390 g/mol. The summed E-state index contributed by atoms with van der Waals surface area (Å²) in [5, 5.41) is 0. The summed E-state index contributed by atoms with van der Waals surface area (Å²) in [7, 11) is -3.18. The molecule has 1 aliphatic carbocycles. The van der Waals surface area contributed by atoms with E-state index in [2.05, 4.69) is 24.0 Å². The van der Waals surface area contributed by atoms with E-state index in [1.165, 1.54) is 11.1 Å². The van der Waals surface area contributed by atoms with E-state index >= 15 is 0 Å².